The number of ether oxygens (including phenoxy) is 1. The van der Waals surface area contributed by atoms with E-state index in [1.54, 1.807) is 43.5 Å². The summed E-state index contributed by atoms with van der Waals surface area (Å²) in [4.78, 5) is 26.8. The fraction of sp³-hybridized carbons (Fsp3) is 0.167. The number of aromatic amines is 2. The Hall–Kier alpha value is -3.15. The molecule has 0 amide bonds. The highest BCUT2D eigenvalue weighted by molar-refractivity contribution is 6.07. The Morgan fingerprint density at radius 3 is 2.46 bits per heavy atom. The lowest BCUT2D eigenvalue weighted by Gasteiger charge is -2.08. The largest absolute Gasteiger partial charge is 0.497 e. The maximum atomic E-state index is 12.5. The van der Waals surface area contributed by atoms with Gasteiger partial charge in [0, 0.05) is 23.2 Å². The third-order valence-electron chi connectivity index (χ3n) is 3.92. The van der Waals surface area contributed by atoms with Crippen molar-refractivity contribution in [3.63, 3.8) is 0 Å². The monoisotopic (exact) mass is 323 g/mol. The van der Waals surface area contributed by atoms with Crippen LogP contribution in [0, 0.1) is 0 Å². The Labute approximate surface area is 138 Å². The number of H-pyrrole nitrogens is 2. The lowest BCUT2D eigenvalue weighted by atomic mass is 10.0. The number of nitrogens with one attached hydrogen (secondary N) is 2. The van der Waals surface area contributed by atoms with Crippen molar-refractivity contribution < 1.29 is 9.53 Å². The highest BCUT2D eigenvalue weighted by Crippen LogP contribution is 2.22. The molecule has 24 heavy (non-hydrogen) atoms. The quantitative estimate of drug-likeness (QED) is 0.706. The number of hydrogen-bond donors (Lipinski definition) is 2. The molecule has 2 heterocycles. The lowest BCUT2D eigenvalue weighted by molar-refractivity contribution is 0.103. The van der Waals surface area contributed by atoms with Gasteiger partial charge in [0.05, 0.1) is 18.5 Å². The van der Waals surface area contributed by atoms with Crippen molar-refractivity contribution in [2.75, 3.05) is 7.11 Å². The number of ketones is 1. The van der Waals surface area contributed by atoms with E-state index in [1.807, 2.05) is 13.0 Å². The van der Waals surface area contributed by atoms with Gasteiger partial charge < -0.3 is 9.72 Å². The molecule has 6 heteroatoms. The Morgan fingerprint density at radius 2 is 1.83 bits per heavy atom. The van der Waals surface area contributed by atoms with Crippen LogP contribution in [-0.4, -0.2) is 28.1 Å². The molecular formula is C18H17N3O3. The first-order valence-electron chi connectivity index (χ1n) is 7.52. The van der Waals surface area contributed by atoms with Crippen molar-refractivity contribution in [1.82, 2.24) is 15.2 Å². The van der Waals surface area contributed by atoms with Crippen LogP contribution in [0.25, 0.3) is 0 Å². The van der Waals surface area contributed by atoms with Crippen LogP contribution in [0.15, 0.2) is 53.3 Å². The van der Waals surface area contributed by atoms with E-state index in [2.05, 4.69) is 15.2 Å². The number of benzene rings is 1. The molecule has 0 saturated carbocycles. The van der Waals surface area contributed by atoms with E-state index in [-0.39, 0.29) is 17.3 Å². The Kier molecular flexibility index (Phi) is 4.29. The van der Waals surface area contributed by atoms with Gasteiger partial charge in [-0.15, -0.1) is 0 Å². The molecule has 0 fully saturated rings. The van der Waals surface area contributed by atoms with Crippen molar-refractivity contribution in [1.29, 1.82) is 0 Å². The first kappa shape index (κ1) is 15.7. The lowest BCUT2D eigenvalue weighted by Crippen LogP contribution is -2.10. The van der Waals surface area contributed by atoms with Gasteiger partial charge in [-0.25, -0.2) is 5.10 Å². The third kappa shape index (κ3) is 3.12. The zero-order valence-corrected chi connectivity index (χ0v) is 13.4. The van der Waals surface area contributed by atoms with Gasteiger partial charge in [0.15, 0.2) is 0 Å². The molecule has 0 aliphatic rings. The molecule has 0 spiro atoms. The van der Waals surface area contributed by atoms with Crippen molar-refractivity contribution in [2.45, 2.75) is 12.8 Å². The van der Waals surface area contributed by atoms with Gasteiger partial charge in [-0.2, -0.15) is 5.10 Å². The number of methoxy groups -OCH3 is 1. The van der Waals surface area contributed by atoms with Crippen molar-refractivity contribution in [2.24, 2.45) is 0 Å². The van der Waals surface area contributed by atoms with Gasteiger partial charge >= 0.3 is 0 Å². The summed E-state index contributed by atoms with van der Waals surface area (Å²) >= 11 is 0. The second-order valence-corrected chi connectivity index (χ2v) is 5.45. The molecule has 2 N–H and O–H groups in total. The molecule has 3 rings (SSSR count). The molecule has 0 saturated heterocycles. The van der Waals surface area contributed by atoms with Crippen molar-refractivity contribution in [3.8, 4) is 5.75 Å². The highest BCUT2D eigenvalue weighted by atomic mass is 16.5. The maximum absolute atomic E-state index is 12.5. The molecule has 6 nitrogen and oxygen atoms in total. The zero-order chi connectivity index (χ0) is 17.1. The first-order valence-corrected chi connectivity index (χ1v) is 7.52. The third-order valence-corrected chi connectivity index (χ3v) is 3.92. The van der Waals surface area contributed by atoms with Crippen LogP contribution in [0.5, 0.6) is 5.75 Å². The molecule has 1 aromatic carbocycles. The highest BCUT2D eigenvalue weighted by Gasteiger charge is 2.16. The summed E-state index contributed by atoms with van der Waals surface area (Å²) in [5.41, 5.74) is 2.42. The SMILES string of the molecule is COc1ccc(C(=O)c2ccc(C(C)c3ccc(=O)[nH]n3)[nH]2)cc1. The molecule has 122 valence electrons. The van der Waals surface area contributed by atoms with Gasteiger partial charge in [0.25, 0.3) is 5.56 Å². The fourth-order valence-electron chi connectivity index (χ4n) is 2.45. The average Bonchev–Trinajstić information content (AvgIpc) is 3.11. The van der Waals surface area contributed by atoms with E-state index in [0.717, 1.165) is 11.4 Å². The number of nitrogens with zero attached hydrogens (tertiary/aromatic N) is 1. The van der Waals surface area contributed by atoms with Gasteiger partial charge in [-0.05, 0) is 42.5 Å². The van der Waals surface area contributed by atoms with Gasteiger partial charge in [0.1, 0.15) is 5.75 Å². The Morgan fingerprint density at radius 1 is 1.08 bits per heavy atom. The molecule has 0 radical (unpaired) electrons. The van der Waals surface area contributed by atoms with E-state index in [1.165, 1.54) is 6.07 Å². The summed E-state index contributed by atoms with van der Waals surface area (Å²) in [6, 6.07) is 13.7. The standard InChI is InChI=1S/C18H17N3O3/c1-11(15-9-10-17(22)21-20-15)14-7-8-16(19-14)18(23)12-3-5-13(24-2)6-4-12/h3-11,19H,1-2H3,(H,21,22). The number of carbonyl (C=O) groups excluding carboxylic acids is 1. The smallest absolute Gasteiger partial charge is 0.264 e. The molecule has 1 unspecified atom stereocenters. The summed E-state index contributed by atoms with van der Waals surface area (Å²) in [7, 11) is 1.58. The van der Waals surface area contributed by atoms with E-state index in [4.69, 9.17) is 4.74 Å². The van der Waals surface area contributed by atoms with Crippen LogP contribution in [0.1, 0.15) is 40.3 Å². The van der Waals surface area contributed by atoms with E-state index >= 15 is 0 Å². The van der Waals surface area contributed by atoms with Crippen LogP contribution in [0.3, 0.4) is 0 Å². The van der Waals surface area contributed by atoms with E-state index in [9.17, 15) is 9.59 Å². The molecule has 2 aromatic heterocycles. The van der Waals surface area contributed by atoms with Crippen LogP contribution in [0.4, 0.5) is 0 Å². The molecule has 0 aliphatic heterocycles. The summed E-state index contributed by atoms with van der Waals surface area (Å²) in [6.45, 7) is 1.95. The van der Waals surface area contributed by atoms with E-state index in [0.29, 0.717) is 17.0 Å². The number of hydrogen-bond acceptors (Lipinski definition) is 4. The summed E-state index contributed by atoms with van der Waals surface area (Å²) < 4.78 is 5.10. The second-order valence-electron chi connectivity index (χ2n) is 5.45. The van der Waals surface area contributed by atoms with Crippen LogP contribution < -0.4 is 10.3 Å². The van der Waals surface area contributed by atoms with Gasteiger partial charge in [-0.3, -0.25) is 9.59 Å². The van der Waals surface area contributed by atoms with Crippen LogP contribution >= 0.6 is 0 Å². The van der Waals surface area contributed by atoms with E-state index < -0.39 is 0 Å². The average molecular weight is 323 g/mol. The first-order chi connectivity index (χ1) is 11.6. The number of rotatable bonds is 5. The van der Waals surface area contributed by atoms with Crippen LogP contribution in [0.2, 0.25) is 0 Å². The minimum absolute atomic E-state index is 0.0701. The normalized spacial score (nSPS) is 11.9. The minimum Gasteiger partial charge on any atom is -0.497 e. The Bertz CT molecular complexity index is 889. The summed E-state index contributed by atoms with van der Waals surface area (Å²) in [5.74, 6) is 0.543. The predicted octanol–water partition coefficient (Wildman–Crippen LogP) is 2.49. The topological polar surface area (TPSA) is 87.8 Å². The number of aromatic nitrogens is 3. The molecule has 1 atom stereocenters. The summed E-state index contributed by atoms with van der Waals surface area (Å²) in [6.07, 6.45) is 0. The molecule has 3 aromatic rings. The Balaban J connectivity index is 1.82. The molecule has 0 aliphatic carbocycles. The summed E-state index contributed by atoms with van der Waals surface area (Å²) in [5, 5.41) is 6.45. The minimum atomic E-state index is -0.243. The second kappa shape index (κ2) is 6.54. The van der Waals surface area contributed by atoms with Crippen molar-refractivity contribution in [3.05, 3.63) is 81.5 Å². The van der Waals surface area contributed by atoms with Gasteiger partial charge in [-0.1, -0.05) is 6.92 Å². The maximum Gasteiger partial charge on any atom is 0.264 e. The fourth-order valence-corrected chi connectivity index (χ4v) is 2.45. The van der Waals surface area contributed by atoms with Crippen LogP contribution in [-0.2, 0) is 0 Å². The number of carbonyl (C=O) groups is 1. The van der Waals surface area contributed by atoms with Gasteiger partial charge in [0.2, 0.25) is 5.78 Å². The molecular weight excluding hydrogens is 306 g/mol. The molecule has 0 bridgehead atoms. The predicted molar refractivity (Wildman–Crippen MR) is 89.6 cm³/mol. The zero-order valence-electron chi connectivity index (χ0n) is 13.4. The van der Waals surface area contributed by atoms with Crippen molar-refractivity contribution >= 4 is 5.78 Å².